The third kappa shape index (κ3) is 2.13. The molecule has 4 nitrogen and oxygen atoms in total. The molecule has 0 aromatic carbocycles. The normalized spacial score (nSPS) is 27.2. The van der Waals surface area contributed by atoms with Crippen molar-refractivity contribution in [3.8, 4) is 0 Å². The van der Waals surface area contributed by atoms with Crippen LogP contribution >= 0.6 is 0 Å². The standard InChI is InChI=1S/C12H20N2O2/c1-3-14-7-6-13-11(14)9-10(15)12(2)5-4-8-16-12/h6-7,10,15H,3-5,8-9H2,1-2H3. The molecule has 90 valence electrons. The number of rotatable bonds is 4. The van der Waals surface area contributed by atoms with E-state index in [-0.39, 0.29) is 5.60 Å². The first kappa shape index (κ1) is 11.6. The Bertz CT molecular complexity index is 343. The molecule has 1 saturated heterocycles. The second-order valence-electron chi connectivity index (χ2n) is 4.61. The van der Waals surface area contributed by atoms with Crippen molar-refractivity contribution in [1.82, 2.24) is 9.55 Å². The molecule has 0 aliphatic carbocycles. The monoisotopic (exact) mass is 224 g/mol. The second kappa shape index (κ2) is 4.55. The van der Waals surface area contributed by atoms with Gasteiger partial charge in [0.15, 0.2) is 0 Å². The first-order chi connectivity index (χ1) is 7.65. The molecule has 1 fully saturated rings. The lowest BCUT2D eigenvalue weighted by atomic mass is 9.93. The van der Waals surface area contributed by atoms with Crippen LogP contribution in [0.1, 0.15) is 32.5 Å². The minimum atomic E-state index is -0.470. The molecule has 2 rings (SSSR count). The molecule has 4 heteroatoms. The number of ether oxygens (including phenoxy) is 1. The lowest BCUT2D eigenvalue weighted by molar-refractivity contribution is -0.0777. The van der Waals surface area contributed by atoms with Crippen molar-refractivity contribution in [3.05, 3.63) is 18.2 Å². The summed E-state index contributed by atoms with van der Waals surface area (Å²) >= 11 is 0. The zero-order chi connectivity index (χ0) is 11.6. The summed E-state index contributed by atoms with van der Waals surface area (Å²) in [6.45, 7) is 5.71. The molecule has 1 aromatic rings. The van der Waals surface area contributed by atoms with Crippen LogP contribution in [0.15, 0.2) is 12.4 Å². The molecule has 0 bridgehead atoms. The Hall–Kier alpha value is -0.870. The van der Waals surface area contributed by atoms with Crippen molar-refractivity contribution in [2.45, 2.75) is 51.4 Å². The zero-order valence-electron chi connectivity index (χ0n) is 10.0. The van der Waals surface area contributed by atoms with E-state index in [9.17, 15) is 5.11 Å². The smallest absolute Gasteiger partial charge is 0.111 e. The average Bonchev–Trinajstić information content (AvgIpc) is 2.87. The van der Waals surface area contributed by atoms with Gasteiger partial charge in [-0.3, -0.25) is 0 Å². The summed E-state index contributed by atoms with van der Waals surface area (Å²) in [6.07, 6.45) is 5.79. The van der Waals surface area contributed by atoms with E-state index >= 15 is 0 Å². The molecular weight excluding hydrogens is 204 g/mol. The van der Waals surface area contributed by atoms with E-state index in [1.807, 2.05) is 13.1 Å². The molecule has 1 aromatic heterocycles. The van der Waals surface area contributed by atoms with Gasteiger partial charge in [0.25, 0.3) is 0 Å². The van der Waals surface area contributed by atoms with Crippen LogP contribution in [0.3, 0.4) is 0 Å². The summed E-state index contributed by atoms with van der Waals surface area (Å²) < 4.78 is 7.69. The van der Waals surface area contributed by atoms with Crippen molar-refractivity contribution in [3.63, 3.8) is 0 Å². The number of aliphatic hydroxyl groups excluding tert-OH is 1. The maximum absolute atomic E-state index is 10.2. The molecule has 16 heavy (non-hydrogen) atoms. The van der Waals surface area contributed by atoms with E-state index < -0.39 is 6.10 Å². The Labute approximate surface area is 96.3 Å². The maximum atomic E-state index is 10.2. The van der Waals surface area contributed by atoms with Crippen LogP contribution in [0.4, 0.5) is 0 Å². The van der Waals surface area contributed by atoms with E-state index in [1.54, 1.807) is 6.20 Å². The number of aryl methyl sites for hydroxylation is 1. The van der Waals surface area contributed by atoms with E-state index in [4.69, 9.17) is 4.74 Å². The molecule has 2 heterocycles. The van der Waals surface area contributed by atoms with Gasteiger partial charge in [-0.1, -0.05) is 0 Å². The summed E-state index contributed by atoms with van der Waals surface area (Å²) in [6, 6.07) is 0. The molecule has 1 N–H and O–H groups in total. The van der Waals surface area contributed by atoms with Crippen molar-refractivity contribution in [2.24, 2.45) is 0 Å². The minimum Gasteiger partial charge on any atom is -0.390 e. The third-order valence-corrected chi connectivity index (χ3v) is 3.47. The fourth-order valence-electron chi connectivity index (χ4n) is 2.27. The number of hydrogen-bond donors (Lipinski definition) is 1. The highest BCUT2D eigenvalue weighted by atomic mass is 16.5. The topological polar surface area (TPSA) is 47.3 Å². The van der Waals surface area contributed by atoms with Gasteiger partial charge in [-0.15, -0.1) is 0 Å². The summed E-state index contributed by atoms with van der Waals surface area (Å²) in [4.78, 5) is 4.28. The van der Waals surface area contributed by atoms with Crippen LogP contribution in [0.25, 0.3) is 0 Å². The first-order valence-corrected chi connectivity index (χ1v) is 5.98. The quantitative estimate of drug-likeness (QED) is 0.840. The molecule has 0 amide bonds. The number of imidazole rings is 1. The van der Waals surface area contributed by atoms with Gasteiger partial charge in [-0.05, 0) is 26.7 Å². The van der Waals surface area contributed by atoms with Crippen LogP contribution in [0.5, 0.6) is 0 Å². The second-order valence-corrected chi connectivity index (χ2v) is 4.61. The predicted octanol–water partition coefficient (Wildman–Crippen LogP) is 1.38. The van der Waals surface area contributed by atoms with Gasteiger partial charge in [-0.25, -0.2) is 4.98 Å². The molecule has 2 atom stereocenters. The molecule has 1 aliphatic rings. The average molecular weight is 224 g/mol. The lowest BCUT2D eigenvalue weighted by Gasteiger charge is -2.29. The van der Waals surface area contributed by atoms with E-state index in [1.165, 1.54) is 0 Å². The van der Waals surface area contributed by atoms with Crippen LogP contribution in [0, 0.1) is 0 Å². The summed E-state index contributed by atoms with van der Waals surface area (Å²) in [5, 5.41) is 10.2. The van der Waals surface area contributed by atoms with Gasteiger partial charge < -0.3 is 14.4 Å². The molecule has 0 radical (unpaired) electrons. The molecule has 0 saturated carbocycles. The Morgan fingerprint density at radius 2 is 2.50 bits per heavy atom. The number of nitrogens with zero attached hydrogens (tertiary/aromatic N) is 2. The van der Waals surface area contributed by atoms with Crippen molar-refractivity contribution < 1.29 is 9.84 Å². The van der Waals surface area contributed by atoms with Gasteiger partial charge >= 0.3 is 0 Å². The number of aromatic nitrogens is 2. The molecule has 1 aliphatic heterocycles. The van der Waals surface area contributed by atoms with Crippen LogP contribution in [-0.4, -0.2) is 33.0 Å². The van der Waals surface area contributed by atoms with Crippen molar-refractivity contribution >= 4 is 0 Å². The van der Waals surface area contributed by atoms with E-state index in [0.717, 1.165) is 31.8 Å². The van der Waals surface area contributed by atoms with E-state index in [2.05, 4.69) is 16.5 Å². The highest BCUT2D eigenvalue weighted by Crippen LogP contribution is 2.29. The Balaban J connectivity index is 2.04. The minimum absolute atomic E-state index is 0.384. The van der Waals surface area contributed by atoms with Gasteiger partial charge in [0.2, 0.25) is 0 Å². The molecule has 2 unspecified atom stereocenters. The zero-order valence-corrected chi connectivity index (χ0v) is 10.0. The highest BCUT2D eigenvalue weighted by molar-refractivity contribution is 4.99. The van der Waals surface area contributed by atoms with Gasteiger partial charge in [0.1, 0.15) is 5.82 Å². The number of hydrogen-bond acceptors (Lipinski definition) is 3. The van der Waals surface area contributed by atoms with Crippen molar-refractivity contribution in [1.29, 1.82) is 0 Å². The van der Waals surface area contributed by atoms with Crippen LogP contribution in [0.2, 0.25) is 0 Å². The SMILES string of the molecule is CCn1ccnc1CC(O)C1(C)CCCO1. The Morgan fingerprint density at radius 3 is 3.12 bits per heavy atom. The summed E-state index contributed by atoms with van der Waals surface area (Å²) in [7, 11) is 0. The largest absolute Gasteiger partial charge is 0.390 e. The van der Waals surface area contributed by atoms with Gasteiger partial charge in [0.05, 0.1) is 11.7 Å². The maximum Gasteiger partial charge on any atom is 0.111 e. The lowest BCUT2D eigenvalue weighted by Crippen LogP contribution is -2.40. The number of aliphatic hydroxyl groups is 1. The van der Waals surface area contributed by atoms with Crippen LogP contribution < -0.4 is 0 Å². The van der Waals surface area contributed by atoms with Crippen LogP contribution in [-0.2, 0) is 17.7 Å². The fraction of sp³-hybridized carbons (Fsp3) is 0.750. The van der Waals surface area contributed by atoms with Gasteiger partial charge in [0, 0.05) is 32.0 Å². The molecular formula is C12H20N2O2. The first-order valence-electron chi connectivity index (χ1n) is 5.98. The van der Waals surface area contributed by atoms with Crippen molar-refractivity contribution in [2.75, 3.05) is 6.61 Å². The van der Waals surface area contributed by atoms with E-state index in [0.29, 0.717) is 6.42 Å². The Kier molecular flexibility index (Phi) is 3.30. The summed E-state index contributed by atoms with van der Waals surface area (Å²) in [5.74, 6) is 0.937. The Morgan fingerprint density at radius 1 is 1.69 bits per heavy atom. The predicted molar refractivity (Wildman–Crippen MR) is 61.2 cm³/mol. The van der Waals surface area contributed by atoms with Gasteiger partial charge in [-0.2, -0.15) is 0 Å². The highest BCUT2D eigenvalue weighted by Gasteiger charge is 2.37. The summed E-state index contributed by atoms with van der Waals surface area (Å²) in [5.41, 5.74) is -0.384. The fourth-order valence-corrected chi connectivity index (χ4v) is 2.27. The third-order valence-electron chi connectivity index (χ3n) is 3.47. The molecule has 0 spiro atoms.